The standard InChI is InChI=1S/C14H14ClFOS/c1-8-6-10(7-9(2)13(8)16)12(15)14-11(17-3)4-5-18-14/h4-7,12H,1-3H3. The predicted molar refractivity (Wildman–Crippen MR) is 74.4 cm³/mol. The summed E-state index contributed by atoms with van der Waals surface area (Å²) in [6.07, 6.45) is 0. The number of halogens is 2. The molecule has 1 heterocycles. The van der Waals surface area contributed by atoms with E-state index in [0.717, 1.165) is 16.2 Å². The van der Waals surface area contributed by atoms with E-state index in [1.165, 1.54) is 0 Å². The lowest BCUT2D eigenvalue weighted by Crippen LogP contribution is -1.97. The first kappa shape index (κ1) is 13.4. The maximum absolute atomic E-state index is 13.6. The highest BCUT2D eigenvalue weighted by Crippen LogP contribution is 2.39. The molecule has 0 fully saturated rings. The van der Waals surface area contributed by atoms with Crippen molar-refractivity contribution in [2.75, 3.05) is 7.11 Å². The number of hydrogen-bond donors (Lipinski definition) is 0. The average Bonchev–Trinajstić information content (AvgIpc) is 2.82. The van der Waals surface area contributed by atoms with E-state index in [4.69, 9.17) is 16.3 Å². The van der Waals surface area contributed by atoms with E-state index in [-0.39, 0.29) is 11.2 Å². The first-order valence-electron chi connectivity index (χ1n) is 5.56. The molecule has 18 heavy (non-hydrogen) atoms. The van der Waals surface area contributed by atoms with Crippen LogP contribution in [-0.2, 0) is 0 Å². The molecule has 1 nitrogen and oxygen atoms in total. The molecule has 4 heteroatoms. The Morgan fingerprint density at radius 1 is 1.28 bits per heavy atom. The Hall–Kier alpha value is -1.06. The van der Waals surface area contributed by atoms with Crippen LogP contribution >= 0.6 is 22.9 Å². The van der Waals surface area contributed by atoms with Gasteiger partial charge in [-0.1, -0.05) is 12.1 Å². The quantitative estimate of drug-likeness (QED) is 0.733. The molecule has 0 saturated heterocycles. The van der Waals surface area contributed by atoms with E-state index in [1.54, 1.807) is 44.4 Å². The van der Waals surface area contributed by atoms with Gasteiger partial charge in [0.1, 0.15) is 11.6 Å². The summed E-state index contributed by atoms with van der Waals surface area (Å²) in [4.78, 5) is 0.949. The zero-order valence-corrected chi connectivity index (χ0v) is 12.0. The number of ether oxygens (including phenoxy) is 1. The van der Waals surface area contributed by atoms with Crippen molar-refractivity contribution in [1.82, 2.24) is 0 Å². The largest absolute Gasteiger partial charge is 0.496 e. The smallest absolute Gasteiger partial charge is 0.134 e. The second kappa shape index (κ2) is 5.29. The second-order valence-corrected chi connectivity index (χ2v) is 5.57. The van der Waals surface area contributed by atoms with E-state index in [0.29, 0.717) is 11.1 Å². The third-order valence-corrected chi connectivity index (χ3v) is 4.42. The van der Waals surface area contributed by atoms with Gasteiger partial charge in [0, 0.05) is 0 Å². The number of methoxy groups -OCH3 is 1. The number of hydrogen-bond acceptors (Lipinski definition) is 2. The van der Waals surface area contributed by atoms with Crippen LogP contribution in [0, 0.1) is 19.7 Å². The Morgan fingerprint density at radius 2 is 1.89 bits per heavy atom. The second-order valence-electron chi connectivity index (χ2n) is 4.18. The lowest BCUT2D eigenvalue weighted by atomic mass is 10.0. The van der Waals surface area contributed by atoms with Gasteiger partial charge in [0.15, 0.2) is 0 Å². The fourth-order valence-electron chi connectivity index (χ4n) is 1.94. The number of aryl methyl sites for hydroxylation is 2. The number of alkyl halides is 1. The molecule has 1 atom stereocenters. The fraction of sp³-hybridized carbons (Fsp3) is 0.286. The van der Waals surface area contributed by atoms with Gasteiger partial charge < -0.3 is 4.74 Å². The van der Waals surface area contributed by atoms with Gasteiger partial charge in [0.05, 0.1) is 17.4 Å². The van der Waals surface area contributed by atoms with Gasteiger partial charge in [-0.15, -0.1) is 22.9 Å². The molecule has 96 valence electrons. The van der Waals surface area contributed by atoms with Gasteiger partial charge in [-0.05, 0) is 42.0 Å². The minimum atomic E-state index is -0.307. The highest BCUT2D eigenvalue weighted by molar-refractivity contribution is 7.10. The first-order chi connectivity index (χ1) is 8.54. The summed E-state index contributed by atoms with van der Waals surface area (Å²) in [6, 6.07) is 5.47. The molecule has 0 saturated carbocycles. The van der Waals surface area contributed by atoms with E-state index in [1.807, 2.05) is 11.4 Å². The summed E-state index contributed by atoms with van der Waals surface area (Å²) in [5.74, 6) is 0.611. The van der Waals surface area contributed by atoms with Crippen LogP contribution in [0.25, 0.3) is 0 Å². The molecular formula is C14H14ClFOS. The van der Waals surface area contributed by atoms with Gasteiger partial charge in [-0.2, -0.15) is 0 Å². The highest BCUT2D eigenvalue weighted by atomic mass is 35.5. The molecule has 1 aromatic carbocycles. The number of thiophene rings is 1. The van der Waals surface area contributed by atoms with E-state index in [2.05, 4.69) is 0 Å². The molecule has 0 N–H and O–H groups in total. The zero-order chi connectivity index (χ0) is 13.3. The molecule has 0 aliphatic rings. The Bertz CT molecular complexity index is 542. The van der Waals surface area contributed by atoms with Gasteiger partial charge in [-0.3, -0.25) is 0 Å². The predicted octanol–water partition coefficient (Wildman–Crippen LogP) is 4.84. The molecule has 2 rings (SSSR count). The van der Waals surface area contributed by atoms with Gasteiger partial charge in [0.25, 0.3) is 0 Å². The first-order valence-corrected chi connectivity index (χ1v) is 6.88. The third kappa shape index (κ3) is 2.38. The summed E-state index contributed by atoms with van der Waals surface area (Å²) in [5.41, 5.74) is 2.13. The molecule has 0 spiro atoms. The van der Waals surface area contributed by atoms with Crippen molar-refractivity contribution < 1.29 is 9.13 Å². The van der Waals surface area contributed by atoms with Crippen molar-refractivity contribution in [3.63, 3.8) is 0 Å². The van der Waals surface area contributed by atoms with E-state index < -0.39 is 0 Å². The highest BCUT2D eigenvalue weighted by Gasteiger charge is 2.18. The molecule has 1 aromatic heterocycles. The van der Waals surface area contributed by atoms with Crippen molar-refractivity contribution in [2.24, 2.45) is 0 Å². The fourth-order valence-corrected chi connectivity index (χ4v) is 3.19. The van der Waals surface area contributed by atoms with Crippen LogP contribution in [-0.4, -0.2) is 7.11 Å². The summed E-state index contributed by atoms with van der Waals surface area (Å²) in [6.45, 7) is 3.50. The van der Waals surface area contributed by atoms with Crippen LogP contribution in [0.2, 0.25) is 0 Å². The summed E-state index contributed by atoms with van der Waals surface area (Å²) in [5, 5.41) is 1.63. The van der Waals surface area contributed by atoms with Crippen molar-refractivity contribution >= 4 is 22.9 Å². The Balaban J connectivity index is 2.43. The summed E-state index contributed by atoms with van der Waals surface area (Å²) >= 11 is 8.00. The van der Waals surface area contributed by atoms with Crippen molar-refractivity contribution in [3.8, 4) is 5.75 Å². The van der Waals surface area contributed by atoms with E-state index >= 15 is 0 Å². The molecule has 0 amide bonds. The minimum Gasteiger partial charge on any atom is -0.496 e. The molecule has 2 aromatic rings. The van der Waals surface area contributed by atoms with Crippen molar-refractivity contribution in [2.45, 2.75) is 19.2 Å². The molecule has 0 aliphatic heterocycles. The molecule has 0 aliphatic carbocycles. The lowest BCUT2D eigenvalue weighted by molar-refractivity contribution is 0.413. The van der Waals surface area contributed by atoms with Crippen LogP contribution in [0.5, 0.6) is 5.75 Å². The average molecular weight is 285 g/mol. The number of benzene rings is 1. The SMILES string of the molecule is COc1ccsc1C(Cl)c1cc(C)c(F)c(C)c1. The van der Waals surface area contributed by atoms with Crippen LogP contribution in [0.1, 0.15) is 26.9 Å². The maximum atomic E-state index is 13.6. The summed E-state index contributed by atoms with van der Waals surface area (Å²) in [7, 11) is 1.62. The Labute approximate surface area is 115 Å². The zero-order valence-electron chi connectivity index (χ0n) is 10.5. The monoisotopic (exact) mass is 284 g/mol. The Morgan fingerprint density at radius 3 is 2.44 bits per heavy atom. The topological polar surface area (TPSA) is 9.23 Å². The van der Waals surface area contributed by atoms with Crippen molar-refractivity contribution in [1.29, 1.82) is 0 Å². The molecule has 0 radical (unpaired) electrons. The molecule has 1 unspecified atom stereocenters. The van der Waals surface area contributed by atoms with Crippen LogP contribution in [0.15, 0.2) is 23.6 Å². The summed E-state index contributed by atoms with van der Waals surface area (Å²) < 4.78 is 18.9. The Kier molecular flexibility index (Phi) is 3.93. The van der Waals surface area contributed by atoms with Crippen LogP contribution in [0.4, 0.5) is 4.39 Å². The normalized spacial score (nSPS) is 12.5. The van der Waals surface area contributed by atoms with Crippen molar-refractivity contribution in [3.05, 3.63) is 51.0 Å². The maximum Gasteiger partial charge on any atom is 0.134 e. The third-order valence-electron chi connectivity index (χ3n) is 2.86. The number of rotatable bonds is 3. The van der Waals surface area contributed by atoms with Gasteiger partial charge in [-0.25, -0.2) is 4.39 Å². The molecular weight excluding hydrogens is 271 g/mol. The van der Waals surface area contributed by atoms with Crippen LogP contribution < -0.4 is 4.74 Å². The van der Waals surface area contributed by atoms with Gasteiger partial charge in [0.2, 0.25) is 0 Å². The van der Waals surface area contributed by atoms with Crippen LogP contribution in [0.3, 0.4) is 0 Å². The van der Waals surface area contributed by atoms with E-state index in [9.17, 15) is 4.39 Å². The lowest BCUT2D eigenvalue weighted by Gasteiger charge is -2.13. The molecule has 0 bridgehead atoms. The van der Waals surface area contributed by atoms with Gasteiger partial charge >= 0.3 is 0 Å². The minimum absolute atomic E-state index is 0.166.